The van der Waals surface area contributed by atoms with Crippen molar-refractivity contribution in [2.24, 2.45) is 0 Å². The fourth-order valence-electron chi connectivity index (χ4n) is 2.81. The second kappa shape index (κ2) is 4.57. The van der Waals surface area contributed by atoms with Crippen LogP contribution in [0.4, 0.5) is 0 Å². The van der Waals surface area contributed by atoms with Crippen LogP contribution >= 0.6 is 11.3 Å². The van der Waals surface area contributed by atoms with Crippen LogP contribution in [0.25, 0.3) is 31.1 Å². The molecule has 2 nitrogen and oxygen atoms in total. The van der Waals surface area contributed by atoms with Gasteiger partial charge in [-0.1, -0.05) is 36.4 Å². The van der Waals surface area contributed by atoms with E-state index >= 15 is 0 Å². The standard InChI is InChI=1S/C18H13NOS/c1-2-5-11-8-9-14-15(10-11)21-17-12-6-3-4-7-13(12)18(20)19-16(14)17/h2-4,6-10H,1,5H2,(H,19,20). The highest BCUT2D eigenvalue weighted by Crippen LogP contribution is 2.36. The molecular weight excluding hydrogens is 278 g/mol. The van der Waals surface area contributed by atoms with Crippen LogP contribution in [0.3, 0.4) is 0 Å². The molecule has 21 heavy (non-hydrogen) atoms. The lowest BCUT2D eigenvalue weighted by Crippen LogP contribution is -2.04. The van der Waals surface area contributed by atoms with E-state index in [2.05, 4.69) is 29.8 Å². The van der Waals surface area contributed by atoms with Gasteiger partial charge in [-0.2, -0.15) is 0 Å². The van der Waals surface area contributed by atoms with E-state index in [1.165, 1.54) is 10.3 Å². The Morgan fingerprint density at radius 2 is 1.90 bits per heavy atom. The zero-order valence-corrected chi connectivity index (χ0v) is 12.2. The van der Waals surface area contributed by atoms with Crippen molar-refractivity contribution in [1.82, 2.24) is 4.98 Å². The van der Waals surface area contributed by atoms with Gasteiger partial charge in [-0.05, 0) is 24.1 Å². The Balaban J connectivity index is 2.18. The maximum absolute atomic E-state index is 12.2. The molecule has 0 atom stereocenters. The summed E-state index contributed by atoms with van der Waals surface area (Å²) < 4.78 is 2.35. The van der Waals surface area contributed by atoms with Crippen molar-refractivity contribution in [2.75, 3.05) is 0 Å². The number of aromatic nitrogens is 1. The Kier molecular flexibility index (Phi) is 2.69. The number of nitrogens with one attached hydrogen (secondary N) is 1. The quantitative estimate of drug-likeness (QED) is 0.537. The summed E-state index contributed by atoms with van der Waals surface area (Å²) in [6, 6.07) is 14.2. The Labute approximate surface area is 125 Å². The van der Waals surface area contributed by atoms with E-state index in [1.54, 1.807) is 11.3 Å². The van der Waals surface area contributed by atoms with Crippen molar-refractivity contribution in [2.45, 2.75) is 6.42 Å². The number of fused-ring (bicyclic) bond motifs is 5. The van der Waals surface area contributed by atoms with Crippen LogP contribution in [-0.2, 0) is 6.42 Å². The van der Waals surface area contributed by atoms with Crippen molar-refractivity contribution in [3.05, 3.63) is 71.0 Å². The van der Waals surface area contributed by atoms with Crippen molar-refractivity contribution in [3.8, 4) is 0 Å². The molecule has 0 bridgehead atoms. The first-order valence-corrected chi connectivity index (χ1v) is 7.66. The maximum atomic E-state index is 12.2. The number of aromatic amines is 1. The molecule has 2 heterocycles. The molecule has 0 amide bonds. The molecule has 4 rings (SSSR count). The minimum atomic E-state index is -0.0204. The van der Waals surface area contributed by atoms with Gasteiger partial charge in [0.15, 0.2) is 0 Å². The highest BCUT2D eigenvalue weighted by Gasteiger charge is 2.11. The number of H-pyrrole nitrogens is 1. The van der Waals surface area contributed by atoms with Gasteiger partial charge in [-0.3, -0.25) is 4.79 Å². The molecule has 102 valence electrons. The maximum Gasteiger partial charge on any atom is 0.256 e. The average molecular weight is 291 g/mol. The molecule has 0 spiro atoms. The second-order valence-electron chi connectivity index (χ2n) is 5.13. The first-order valence-electron chi connectivity index (χ1n) is 6.85. The Morgan fingerprint density at radius 1 is 1.10 bits per heavy atom. The van der Waals surface area contributed by atoms with E-state index in [0.29, 0.717) is 0 Å². The molecule has 0 aliphatic rings. The number of pyridine rings is 1. The first kappa shape index (κ1) is 12.4. The van der Waals surface area contributed by atoms with Crippen LogP contribution in [0.15, 0.2) is 59.9 Å². The van der Waals surface area contributed by atoms with Gasteiger partial charge in [0.25, 0.3) is 5.56 Å². The molecule has 2 aromatic heterocycles. The molecule has 0 aliphatic carbocycles. The molecule has 0 fully saturated rings. The van der Waals surface area contributed by atoms with Gasteiger partial charge in [-0.25, -0.2) is 0 Å². The summed E-state index contributed by atoms with van der Waals surface area (Å²) in [5, 5.41) is 2.90. The van der Waals surface area contributed by atoms with Crippen LogP contribution in [0, 0.1) is 0 Å². The van der Waals surface area contributed by atoms with E-state index in [-0.39, 0.29) is 5.56 Å². The molecule has 0 aliphatic heterocycles. The molecule has 4 aromatic rings. The van der Waals surface area contributed by atoms with Gasteiger partial charge in [0.1, 0.15) is 0 Å². The lowest BCUT2D eigenvalue weighted by molar-refractivity contribution is 1.29. The van der Waals surface area contributed by atoms with Gasteiger partial charge >= 0.3 is 0 Å². The normalized spacial score (nSPS) is 11.4. The molecule has 0 saturated heterocycles. The molecule has 0 saturated carbocycles. The van der Waals surface area contributed by atoms with Crippen LogP contribution in [0.2, 0.25) is 0 Å². The zero-order chi connectivity index (χ0) is 14.4. The van der Waals surface area contributed by atoms with E-state index < -0.39 is 0 Å². The van der Waals surface area contributed by atoms with E-state index in [1.807, 2.05) is 30.3 Å². The third kappa shape index (κ3) is 1.82. The third-order valence-corrected chi connectivity index (χ3v) is 4.98. The predicted molar refractivity (Wildman–Crippen MR) is 91.4 cm³/mol. The number of hydrogen-bond donors (Lipinski definition) is 1. The lowest BCUT2D eigenvalue weighted by Gasteiger charge is -1.99. The van der Waals surface area contributed by atoms with Gasteiger partial charge in [0, 0.05) is 20.9 Å². The second-order valence-corrected chi connectivity index (χ2v) is 6.18. The van der Waals surface area contributed by atoms with Gasteiger partial charge < -0.3 is 4.98 Å². The number of benzene rings is 2. The van der Waals surface area contributed by atoms with Gasteiger partial charge in [-0.15, -0.1) is 17.9 Å². The summed E-state index contributed by atoms with van der Waals surface area (Å²) in [4.78, 5) is 15.3. The minimum absolute atomic E-state index is 0.0204. The fourth-order valence-corrected chi connectivity index (χ4v) is 4.07. The Hall–Kier alpha value is -2.39. The number of hydrogen-bond acceptors (Lipinski definition) is 2. The summed E-state index contributed by atoms with van der Waals surface area (Å²) in [5.41, 5.74) is 2.17. The topological polar surface area (TPSA) is 32.9 Å². The zero-order valence-electron chi connectivity index (χ0n) is 11.3. The van der Waals surface area contributed by atoms with Gasteiger partial charge in [0.05, 0.1) is 10.2 Å². The van der Waals surface area contributed by atoms with Crippen molar-refractivity contribution in [1.29, 1.82) is 0 Å². The fraction of sp³-hybridized carbons (Fsp3) is 0.0556. The predicted octanol–water partition coefficient (Wildman–Crippen LogP) is 4.62. The lowest BCUT2D eigenvalue weighted by atomic mass is 10.1. The molecular formula is C18H13NOS. The van der Waals surface area contributed by atoms with E-state index in [0.717, 1.165) is 32.8 Å². The summed E-state index contributed by atoms with van der Waals surface area (Å²) >= 11 is 1.74. The summed E-state index contributed by atoms with van der Waals surface area (Å²) in [6.45, 7) is 3.79. The minimum Gasteiger partial charge on any atom is -0.320 e. The largest absolute Gasteiger partial charge is 0.320 e. The first-order chi connectivity index (χ1) is 10.3. The average Bonchev–Trinajstić information content (AvgIpc) is 2.86. The molecule has 3 heteroatoms. The Morgan fingerprint density at radius 3 is 2.71 bits per heavy atom. The van der Waals surface area contributed by atoms with Crippen molar-refractivity contribution < 1.29 is 0 Å². The number of rotatable bonds is 2. The molecule has 2 aromatic carbocycles. The number of allylic oxidation sites excluding steroid dienone is 1. The van der Waals surface area contributed by atoms with E-state index in [4.69, 9.17) is 0 Å². The summed E-state index contributed by atoms with van der Waals surface area (Å²) in [6.07, 6.45) is 2.77. The monoisotopic (exact) mass is 291 g/mol. The SMILES string of the molecule is C=CCc1ccc2c(c1)sc1c3ccccc3c(=O)[nH]c21. The van der Waals surface area contributed by atoms with Crippen LogP contribution < -0.4 is 5.56 Å². The van der Waals surface area contributed by atoms with Gasteiger partial charge in [0.2, 0.25) is 0 Å². The van der Waals surface area contributed by atoms with E-state index in [9.17, 15) is 4.79 Å². The van der Waals surface area contributed by atoms with Crippen LogP contribution in [-0.4, -0.2) is 4.98 Å². The summed E-state index contributed by atoms with van der Waals surface area (Å²) in [5.74, 6) is 0. The molecule has 1 N–H and O–H groups in total. The highest BCUT2D eigenvalue weighted by atomic mass is 32.1. The third-order valence-electron chi connectivity index (χ3n) is 3.79. The smallest absolute Gasteiger partial charge is 0.256 e. The molecule has 0 unspecified atom stereocenters. The Bertz CT molecular complexity index is 1060. The summed E-state index contributed by atoms with van der Waals surface area (Å²) in [7, 11) is 0. The van der Waals surface area contributed by atoms with Crippen molar-refractivity contribution in [3.63, 3.8) is 0 Å². The number of thiophene rings is 1. The van der Waals surface area contributed by atoms with Crippen molar-refractivity contribution >= 4 is 42.4 Å². The van der Waals surface area contributed by atoms with Crippen LogP contribution in [0.5, 0.6) is 0 Å². The van der Waals surface area contributed by atoms with Crippen LogP contribution in [0.1, 0.15) is 5.56 Å². The highest BCUT2D eigenvalue weighted by molar-refractivity contribution is 7.26. The molecule has 0 radical (unpaired) electrons.